The average molecular weight is 344 g/mol. The van der Waals surface area contributed by atoms with Crippen molar-refractivity contribution in [2.45, 2.75) is 58.5 Å². The van der Waals surface area contributed by atoms with Gasteiger partial charge in [0, 0.05) is 30.5 Å². The van der Waals surface area contributed by atoms with Crippen molar-refractivity contribution in [1.29, 1.82) is 0 Å². The van der Waals surface area contributed by atoms with Gasteiger partial charge in [0.25, 0.3) is 0 Å². The van der Waals surface area contributed by atoms with Gasteiger partial charge in [-0.15, -0.1) is 5.10 Å². The van der Waals surface area contributed by atoms with Gasteiger partial charge in [-0.05, 0) is 19.2 Å². The number of nitrogens with zero attached hydrogens (tertiary/aromatic N) is 6. The van der Waals surface area contributed by atoms with Gasteiger partial charge in [0.05, 0.1) is 12.2 Å². The van der Waals surface area contributed by atoms with Crippen LogP contribution in [0.15, 0.2) is 16.7 Å². The van der Waals surface area contributed by atoms with Crippen molar-refractivity contribution in [3.05, 3.63) is 29.5 Å². The molecule has 0 radical (unpaired) electrons. The Kier molecular flexibility index (Phi) is 4.77. The predicted octanol–water partition coefficient (Wildman–Crippen LogP) is 2.60. The van der Waals surface area contributed by atoms with E-state index in [0.717, 1.165) is 30.4 Å². The normalized spacial score (nSPS) is 15.9. The van der Waals surface area contributed by atoms with Crippen molar-refractivity contribution in [2.24, 2.45) is 0 Å². The van der Waals surface area contributed by atoms with Crippen LogP contribution < -0.4 is 4.90 Å². The van der Waals surface area contributed by atoms with Crippen molar-refractivity contribution >= 4 is 5.82 Å². The SMILES string of the molecule is CC(C)c1noc(CN(C)C2CN(c3ccc(C(C)(C)C)nn3)C2)n1. The second-order valence-corrected chi connectivity index (χ2v) is 8.20. The molecule has 0 bridgehead atoms. The number of likely N-dealkylation sites (N-methyl/N-ethyl adjacent to an activating group) is 1. The molecule has 2 aromatic rings. The summed E-state index contributed by atoms with van der Waals surface area (Å²) in [5.41, 5.74) is 1.05. The van der Waals surface area contributed by atoms with Gasteiger partial charge in [0.15, 0.2) is 11.6 Å². The van der Waals surface area contributed by atoms with E-state index in [9.17, 15) is 0 Å². The first-order valence-electron chi connectivity index (χ1n) is 8.86. The zero-order valence-corrected chi connectivity index (χ0v) is 16.0. The Morgan fingerprint density at radius 1 is 1.24 bits per heavy atom. The van der Waals surface area contributed by atoms with Crippen LogP contribution in [0.2, 0.25) is 0 Å². The summed E-state index contributed by atoms with van der Waals surface area (Å²) < 4.78 is 5.33. The molecule has 1 saturated heterocycles. The van der Waals surface area contributed by atoms with Gasteiger partial charge in [-0.1, -0.05) is 39.8 Å². The minimum absolute atomic E-state index is 0.0299. The molecule has 0 saturated carbocycles. The van der Waals surface area contributed by atoms with Crippen molar-refractivity contribution in [3.8, 4) is 0 Å². The first-order valence-corrected chi connectivity index (χ1v) is 8.86. The average Bonchev–Trinajstić information content (AvgIpc) is 2.94. The summed E-state index contributed by atoms with van der Waals surface area (Å²) in [6, 6.07) is 4.60. The van der Waals surface area contributed by atoms with Gasteiger partial charge >= 0.3 is 0 Å². The molecule has 25 heavy (non-hydrogen) atoms. The van der Waals surface area contributed by atoms with Crippen LogP contribution in [-0.4, -0.2) is 51.4 Å². The Balaban J connectivity index is 1.53. The molecule has 3 heterocycles. The number of hydrogen-bond donors (Lipinski definition) is 0. The highest BCUT2D eigenvalue weighted by Crippen LogP contribution is 2.24. The highest BCUT2D eigenvalue weighted by atomic mass is 16.5. The van der Waals surface area contributed by atoms with Gasteiger partial charge in [-0.3, -0.25) is 4.90 Å². The highest BCUT2D eigenvalue weighted by Gasteiger charge is 2.32. The van der Waals surface area contributed by atoms with E-state index < -0.39 is 0 Å². The van der Waals surface area contributed by atoms with Gasteiger partial charge < -0.3 is 9.42 Å². The first-order chi connectivity index (χ1) is 11.7. The highest BCUT2D eigenvalue weighted by molar-refractivity contribution is 5.42. The van der Waals surface area contributed by atoms with E-state index in [4.69, 9.17) is 4.52 Å². The van der Waals surface area contributed by atoms with Crippen molar-refractivity contribution in [3.63, 3.8) is 0 Å². The molecule has 136 valence electrons. The molecule has 0 amide bonds. The lowest BCUT2D eigenvalue weighted by molar-refractivity contribution is 0.174. The molecule has 0 atom stereocenters. The zero-order valence-electron chi connectivity index (χ0n) is 16.0. The van der Waals surface area contributed by atoms with Crippen LogP contribution in [0.25, 0.3) is 0 Å². The zero-order chi connectivity index (χ0) is 18.2. The lowest BCUT2D eigenvalue weighted by atomic mass is 9.92. The molecule has 0 unspecified atom stereocenters. The molecule has 2 aromatic heterocycles. The van der Waals surface area contributed by atoms with Crippen LogP contribution in [0.4, 0.5) is 5.82 Å². The van der Waals surface area contributed by atoms with Gasteiger partial charge in [-0.25, -0.2) is 0 Å². The van der Waals surface area contributed by atoms with Crippen molar-refractivity contribution in [2.75, 3.05) is 25.0 Å². The molecule has 0 aliphatic carbocycles. The molecular formula is C18H28N6O. The smallest absolute Gasteiger partial charge is 0.240 e. The lowest BCUT2D eigenvalue weighted by Gasteiger charge is -2.44. The van der Waals surface area contributed by atoms with E-state index in [1.165, 1.54) is 0 Å². The molecule has 1 fully saturated rings. The summed E-state index contributed by atoms with van der Waals surface area (Å²) in [4.78, 5) is 8.94. The fourth-order valence-electron chi connectivity index (χ4n) is 2.72. The fraction of sp³-hybridized carbons (Fsp3) is 0.667. The molecule has 0 N–H and O–H groups in total. The van der Waals surface area contributed by atoms with Crippen LogP contribution in [0.1, 0.15) is 57.9 Å². The quantitative estimate of drug-likeness (QED) is 0.825. The Hall–Kier alpha value is -2.02. The molecule has 0 spiro atoms. The van der Waals surface area contributed by atoms with E-state index in [-0.39, 0.29) is 11.3 Å². The van der Waals surface area contributed by atoms with E-state index in [0.29, 0.717) is 18.5 Å². The Morgan fingerprint density at radius 3 is 2.48 bits per heavy atom. The van der Waals surface area contributed by atoms with E-state index >= 15 is 0 Å². The maximum atomic E-state index is 5.33. The molecule has 0 aromatic carbocycles. The Labute approximate surface area is 149 Å². The number of anilines is 1. The van der Waals surface area contributed by atoms with Crippen molar-refractivity contribution < 1.29 is 4.52 Å². The summed E-state index contributed by atoms with van der Waals surface area (Å²) >= 11 is 0. The van der Waals surface area contributed by atoms with Crippen LogP contribution in [-0.2, 0) is 12.0 Å². The van der Waals surface area contributed by atoms with Crippen molar-refractivity contribution in [1.82, 2.24) is 25.2 Å². The lowest BCUT2D eigenvalue weighted by Crippen LogP contribution is -2.58. The van der Waals surface area contributed by atoms with E-state index in [1.54, 1.807) is 0 Å². The minimum Gasteiger partial charge on any atom is -0.352 e. The molecule has 1 aliphatic rings. The first kappa shape index (κ1) is 17.8. The topological polar surface area (TPSA) is 71.2 Å². The summed E-state index contributed by atoms with van der Waals surface area (Å²) in [6.07, 6.45) is 0. The monoisotopic (exact) mass is 344 g/mol. The number of hydrogen-bond acceptors (Lipinski definition) is 7. The summed E-state index contributed by atoms with van der Waals surface area (Å²) in [7, 11) is 2.09. The second-order valence-electron chi connectivity index (χ2n) is 8.20. The third kappa shape index (κ3) is 3.98. The molecular weight excluding hydrogens is 316 g/mol. The van der Waals surface area contributed by atoms with Crippen LogP contribution >= 0.6 is 0 Å². The third-order valence-corrected chi connectivity index (χ3v) is 4.61. The number of rotatable bonds is 5. The van der Waals surface area contributed by atoms with Gasteiger partial charge in [0.1, 0.15) is 0 Å². The molecule has 1 aliphatic heterocycles. The minimum atomic E-state index is 0.0299. The fourth-order valence-corrected chi connectivity index (χ4v) is 2.72. The molecule has 7 heteroatoms. The van der Waals surface area contributed by atoms with Crippen LogP contribution in [0, 0.1) is 0 Å². The van der Waals surface area contributed by atoms with Gasteiger partial charge in [0.2, 0.25) is 5.89 Å². The van der Waals surface area contributed by atoms with Crippen LogP contribution in [0.5, 0.6) is 0 Å². The standard InChI is InChI=1S/C18H28N6O/c1-12(2)17-19-16(25-22-17)11-23(6)13-9-24(10-13)15-8-7-14(20-21-15)18(3,4)5/h7-8,12-13H,9-11H2,1-6H3. The van der Waals surface area contributed by atoms with Crippen LogP contribution in [0.3, 0.4) is 0 Å². The Bertz CT molecular complexity index is 697. The van der Waals surface area contributed by atoms with E-state index in [2.05, 4.69) is 83.9 Å². The van der Waals surface area contributed by atoms with E-state index in [1.807, 2.05) is 0 Å². The predicted molar refractivity (Wildman–Crippen MR) is 96.6 cm³/mol. The summed E-state index contributed by atoms with van der Waals surface area (Å²) in [5, 5.41) is 12.8. The summed E-state index contributed by atoms with van der Waals surface area (Å²) in [6.45, 7) is 13.1. The third-order valence-electron chi connectivity index (χ3n) is 4.61. The second kappa shape index (κ2) is 6.71. The van der Waals surface area contributed by atoms with Gasteiger partial charge in [-0.2, -0.15) is 10.1 Å². The maximum absolute atomic E-state index is 5.33. The maximum Gasteiger partial charge on any atom is 0.240 e. The summed E-state index contributed by atoms with van der Waals surface area (Å²) in [5.74, 6) is 2.68. The number of aromatic nitrogens is 4. The largest absolute Gasteiger partial charge is 0.352 e. The molecule has 3 rings (SSSR count). The molecule has 7 nitrogen and oxygen atoms in total. The Morgan fingerprint density at radius 2 is 1.96 bits per heavy atom.